The summed E-state index contributed by atoms with van der Waals surface area (Å²) in [6.45, 7) is 4.51. The number of benzene rings is 1. The van der Waals surface area contributed by atoms with Crippen LogP contribution in [-0.4, -0.2) is 47.7 Å². The normalized spacial score (nSPS) is 19.0. The van der Waals surface area contributed by atoms with Crippen LogP contribution in [0.4, 0.5) is 0 Å². The minimum atomic E-state index is -1.05. The van der Waals surface area contributed by atoms with Gasteiger partial charge in [-0.15, -0.1) is 11.3 Å². The molecule has 1 N–H and O–H groups in total. The summed E-state index contributed by atoms with van der Waals surface area (Å²) in [5, 5.41) is 4.41. The van der Waals surface area contributed by atoms with E-state index in [4.69, 9.17) is 9.47 Å². The zero-order chi connectivity index (χ0) is 21.3. The predicted octanol–water partition coefficient (Wildman–Crippen LogP) is 3.34. The number of ketones is 1. The van der Waals surface area contributed by atoms with Crippen LogP contribution in [-0.2, 0) is 15.1 Å². The third kappa shape index (κ3) is 3.92. The molecule has 1 aliphatic heterocycles. The van der Waals surface area contributed by atoms with E-state index in [2.05, 4.69) is 15.3 Å². The van der Waals surface area contributed by atoms with Crippen molar-refractivity contribution >= 4 is 45.7 Å². The first kappa shape index (κ1) is 20.8. The Morgan fingerprint density at radius 2 is 2.17 bits per heavy atom. The third-order valence-electron chi connectivity index (χ3n) is 4.88. The molecule has 30 heavy (non-hydrogen) atoms. The van der Waals surface area contributed by atoms with E-state index < -0.39 is 5.60 Å². The first-order valence-electron chi connectivity index (χ1n) is 9.41. The van der Waals surface area contributed by atoms with E-state index in [0.29, 0.717) is 29.6 Å². The van der Waals surface area contributed by atoms with Gasteiger partial charge in [0.05, 0.1) is 29.9 Å². The fourth-order valence-electron chi connectivity index (χ4n) is 3.21. The van der Waals surface area contributed by atoms with Crippen LogP contribution in [0, 0.1) is 6.92 Å². The first-order valence-corrected chi connectivity index (χ1v) is 11.2. The van der Waals surface area contributed by atoms with Crippen LogP contribution < -0.4 is 10.1 Å². The Bertz CT molecular complexity index is 1130. The Kier molecular flexibility index (Phi) is 5.77. The number of Topliss-reactive ketones (excluding diaryl/α,β-unsaturated/α-hetero) is 1. The molecule has 1 fully saturated rings. The molecule has 0 unspecified atom stereocenters. The SMILES string of the molecule is COc1ccc2nc(C)nc(SCC(=O)c3ccc([C@]4(C)OCCNC4=O)s3)c2c1. The van der Waals surface area contributed by atoms with Gasteiger partial charge in [-0.3, -0.25) is 9.59 Å². The molecule has 0 aliphatic carbocycles. The summed E-state index contributed by atoms with van der Waals surface area (Å²) in [6.07, 6.45) is 0. The number of hydrogen-bond donors (Lipinski definition) is 1. The lowest BCUT2D eigenvalue weighted by Crippen LogP contribution is -2.50. The summed E-state index contributed by atoms with van der Waals surface area (Å²) in [7, 11) is 1.61. The molecule has 1 atom stereocenters. The van der Waals surface area contributed by atoms with Gasteiger partial charge >= 0.3 is 0 Å². The maximum Gasteiger partial charge on any atom is 0.257 e. The van der Waals surface area contributed by atoms with Gasteiger partial charge in [-0.05, 0) is 44.2 Å². The zero-order valence-electron chi connectivity index (χ0n) is 16.9. The van der Waals surface area contributed by atoms with Crippen LogP contribution in [0.15, 0.2) is 35.4 Å². The smallest absolute Gasteiger partial charge is 0.257 e. The van der Waals surface area contributed by atoms with Gasteiger partial charge in [-0.1, -0.05) is 11.8 Å². The summed E-state index contributed by atoms with van der Waals surface area (Å²) >= 11 is 2.67. The predicted molar refractivity (Wildman–Crippen MR) is 117 cm³/mol. The van der Waals surface area contributed by atoms with E-state index in [1.807, 2.05) is 25.1 Å². The molecule has 3 aromatic rings. The monoisotopic (exact) mass is 443 g/mol. The number of methoxy groups -OCH3 is 1. The van der Waals surface area contributed by atoms with Gasteiger partial charge < -0.3 is 14.8 Å². The Hall–Kier alpha value is -2.49. The van der Waals surface area contributed by atoms with Crippen molar-refractivity contribution in [2.24, 2.45) is 0 Å². The topological polar surface area (TPSA) is 90.4 Å². The number of amides is 1. The highest BCUT2D eigenvalue weighted by atomic mass is 32.2. The van der Waals surface area contributed by atoms with E-state index in [0.717, 1.165) is 20.8 Å². The standard InChI is InChI=1S/C21H21N3O4S2/c1-12-23-15-5-4-13(27-3)10-14(15)19(24-12)29-11-16(25)17-6-7-18(30-17)21(2)20(26)22-8-9-28-21/h4-7,10H,8-9,11H2,1-3H3,(H,22,26)/t21-/m0/s1. The average Bonchev–Trinajstić information content (AvgIpc) is 3.25. The second-order valence-corrected chi connectivity index (χ2v) is 9.02. The van der Waals surface area contributed by atoms with Crippen LogP contribution in [0.1, 0.15) is 27.3 Å². The van der Waals surface area contributed by atoms with E-state index >= 15 is 0 Å². The maximum atomic E-state index is 12.8. The van der Waals surface area contributed by atoms with Crippen molar-refractivity contribution in [3.63, 3.8) is 0 Å². The van der Waals surface area contributed by atoms with Crippen LogP contribution in [0.5, 0.6) is 5.75 Å². The number of fused-ring (bicyclic) bond motifs is 1. The summed E-state index contributed by atoms with van der Waals surface area (Å²) in [5.41, 5.74) is -0.240. The van der Waals surface area contributed by atoms with E-state index in [1.165, 1.54) is 23.1 Å². The van der Waals surface area contributed by atoms with Gasteiger partial charge in [0.1, 0.15) is 16.6 Å². The van der Waals surface area contributed by atoms with Crippen LogP contribution in [0.25, 0.3) is 10.9 Å². The molecular formula is C21H21N3O4S2. The van der Waals surface area contributed by atoms with Crippen molar-refractivity contribution in [1.82, 2.24) is 15.3 Å². The zero-order valence-corrected chi connectivity index (χ0v) is 18.5. The second kappa shape index (κ2) is 8.33. The molecule has 1 aromatic carbocycles. The molecule has 9 heteroatoms. The number of carbonyl (C=O) groups excluding carboxylic acids is 2. The Morgan fingerprint density at radius 1 is 1.33 bits per heavy atom. The van der Waals surface area contributed by atoms with Crippen molar-refractivity contribution in [1.29, 1.82) is 0 Å². The number of hydrogen-bond acceptors (Lipinski definition) is 8. The van der Waals surface area contributed by atoms with Crippen molar-refractivity contribution in [3.05, 3.63) is 45.9 Å². The largest absolute Gasteiger partial charge is 0.497 e. The molecule has 1 aliphatic rings. The Morgan fingerprint density at radius 3 is 2.93 bits per heavy atom. The number of thiophene rings is 1. The van der Waals surface area contributed by atoms with E-state index in [9.17, 15) is 9.59 Å². The Balaban J connectivity index is 1.53. The lowest BCUT2D eigenvalue weighted by atomic mass is 10.0. The van der Waals surface area contributed by atoms with Crippen molar-refractivity contribution in [2.45, 2.75) is 24.5 Å². The van der Waals surface area contributed by atoms with Gasteiger partial charge in [0, 0.05) is 16.8 Å². The van der Waals surface area contributed by atoms with Crippen LogP contribution in [0.2, 0.25) is 0 Å². The molecule has 0 bridgehead atoms. The van der Waals surface area contributed by atoms with Gasteiger partial charge in [0.25, 0.3) is 5.91 Å². The molecule has 3 heterocycles. The maximum absolute atomic E-state index is 12.8. The number of aryl methyl sites for hydroxylation is 1. The Labute approximate surface area is 182 Å². The van der Waals surface area contributed by atoms with Crippen molar-refractivity contribution in [2.75, 3.05) is 26.0 Å². The molecule has 1 amide bonds. The summed E-state index contributed by atoms with van der Waals surface area (Å²) in [6, 6.07) is 9.17. The number of aromatic nitrogens is 2. The van der Waals surface area contributed by atoms with Crippen molar-refractivity contribution in [3.8, 4) is 5.75 Å². The number of nitrogens with zero attached hydrogens (tertiary/aromatic N) is 2. The summed E-state index contributed by atoms with van der Waals surface area (Å²) < 4.78 is 11.0. The molecule has 156 valence electrons. The lowest BCUT2D eigenvalue weighted by molar-refractivity contribution is -0.152. The fourth-order valence-corrected chi connectivity index (χ4v) is 5.29. The molecule has 4 rings (SSSR count). The molecule has 1 saturated heterocycles. The van der Waals surface area contributed by atoms with Gasteiger partial charge in [-0.2, -0.15) is 0 Å². The molecule has 7 nitrogen and oxygen atoms in total. The molecular weight excluding hydrogens is 422 g/mol. The molecule has 2 aromatic heterocycles. The summed E-state index contributed by atoms with van der Waals surface area (Å²) in [5.74, 6) is 1.38. The van der Waals surface area contributed by atoms with E-state index in [1.54, 1.807) is 26.2 Å². The minimum Gasteiger partial charge on any atom is -0.497 e. The van der Waals surface area contributed by atoms with E-state index in [-0.39, 0.29) is 17.4 Å². The lowest BCUT2D eigenvalue weighted by Gasteiger charge is -2.31. The van der Waals surface area contributed by atoms with Gasteiger partial charge in [0.2, 0.25) is 0 Å². The highest BCUT2D eigenvalue weighted by Crippen LogP contribution is 2.34. The highest BCUT2D eigenvalue weighted by molar-refractivity contribution is 8.00. The van der Waals surface area contributed by atoms with Gasteiger partial charge in [0.15, 0.2) is 11.4 Å². The molecule has 0 spiro atoms. The van der Waals surface area contributed by atoms with Crippen molar-refractivity contribution < 1.29 is 19.1 Å². The average molecular weight is 444 g/mol. The second-order valence-electron chi connectivity index (χ2n) is 6.97. The highest BCUT2D eigenvalue weighted by Gasteiger charge is 2.40. The number of ether oxygens (including phenoxy) is 2. The number of morpholine rings is 1. The van der Waals surface area contributed by atoms with Crippen LogP contribution >= 0.6 is 23.1 Å². The minimum absolute atomic E-state index is 0.0246. The van der Waals surface area contributed by atoms with Gasteiger partial charge in [-0.25, -0.2) is 9.97 Å². The molecule has 0 radical (unpaired) electrons. The third-order valence-corrected chi connectivity index (χ3v) is 7.20. The fraction of sp³-hybridized carbons (Fsp3) is 0.333. The number of nitrogens with one attached hydrogen (secondary N) is 1. The number of rotatable bonds is 6. The first-order chi connectivity index (χ1) is 14.4. The quantitative estimate of drug-likeness (QED) is 0.355. The summed E-state index contributed by atoms with van der Waals surface area (Å²) in [4.78, 5) is 35.4. The molecule has 0 saturated carbocycles. The number of thioether (sulfide) groups is 1. The number of carbonyl (C=O) groups is 2. The van der Waals surface area contributed by atoms with Crippen LogP contribution in [0.3, 0.4) is 0 Å².